The van der Waals surface area contributed by atoms with Gasteiger partial charge in [0.2, 0.25) is 0 Å². The van der Waals surface area contributed by atoms with Gasteiger partial charge in [0, 0.05) is 11.7 Å². The summed E-state index contributed by atoms with van der Waals surface area (Å²) in [6, 6.07) is 8.66. The molecule has 1 aromatic rings. The average Bonchev–Trinajstić information content (AvgIpc) is 2.54. The van der Waals surface area contributed by atoms with Crippen LogP contribution in [0, 0.1) is 23.7 Å². The topological polar surface area (TPSA) is 35.8 Å². The van der Waals surface area contributed by atoms with E-state index in [1.807, 2.05) is 18.2 Å². The minimum absolute atomic E-state index is 0.486. The lowest BCUT2D eigenvalue weighted by molar-refractivity contribution is 0.313. The molecule has 1 aliphatic carbocycles. The third-order valence-corrected chi connectivity index (χ3v) is 4.30. The average molecular weight is 256 g/mol. The maximum Gasteiger partial charge on any atom is 0.0992 e. The summed E-state index contributed by atoms with van der Waals surface area (Å²) >= 11 is 0. The summed E-state index contributed by atoms with van der Waals surface area (Å²) in [5, 5.41) is 12.6. The molecular formula is C17H24N2. The maximum absolute atomic E-state index is 8.99. The number of nitrogens with one attached hydrogen (secondary N) is 1. The summed E-state index contributed by atoms with van der Waals surface area (Å²) in [4.78, 5) is 0. The largest absolute Gasteiger partial charge is 0.382 e. The van der Waals surface area contributed by atoms with Crippen LogP contribution in [0.4, 0.5) is 5.69 Å². The zero-order chi connectivity index (χ0) is 13.9. The lowest BCUT2D eigenvalue weighted by Gasteiger charge is -2.23. The van der Waals surface area contributed by atoms with E-state index in [1.165, 1.54) is 37.7 Å². The van der Waals surface area contributed by atoms with Gasteiger partial charge in [0.25, 0.3) is 0 Å². The zero-order valence-corrected chi connectivity index (χ0v) is 12.3. The lowest BCUT2D eigenvalue weighted by atomic mass is 9.85. The van der Waals surface area contributed by atoms with Crippen molar-refractivity contribution in [3.63, 3.8) is 0 Å². The molecule has 1 atom stereocenters. The molecule has 2 nitrogen and oxygen atoms in total. The van der Waals surface area contributed by atoms with E-state index in [0.29, 0.717) is 11.5 Å². The zero-order valence-electron chi connectivity index (χ0n) is 12.3. The SMILES string of the molecule is Cc1ccc(C#N)cc1NC1CCCC(C)(C)CC1. The van der Waals surface area contributed by atoms with E-state index >= 15 is 0 Å². The first-order chi connectivity index (χ1) is 9.00. The van der Waals surface area contributed by atoms with E-state index in [2.05, 4.69) is 32.2 Å². The number of anilines is 1. The highest BCUT2D eigenvalue weighted by Crippen LogP contribution is 2.35. The summed E-state index contributed by atoms with van der Waals surface area (Å²) in [5.74, 6) is 0. The fourth-order valence-corrected chi connectivity index (χ4v) is 2.87. The molecule has 102 valence electrons. The number of aryl methyl sites for hydroxylation is 1. The molecule has 19 heavy (non-hydrogen) atoms. The highest BCUT2D eigenvalue weighted by molar-refractivity contribution is 5.55. The van der Waals surface area contributed by atoms with Gasteiger partial charge in [0.05, 0.1) is 11.6 Å². The molecule has 0 heterocycles. The summed E-state index contributed by atoms with van der Waals surface area (Å²) < 4.78 is 0. The fraction of sp³-hybridized carbons (Fsp3) is 0.588. The molecule has 0 amide bonds. The minimum atomic E-state index is 0.486. The van der Waals surface area contributed by atoms with Gasteiger partial charge in [0.15, 0.2) is 0 Å². The monoisotopic (exact) mass is 256 g/mol. The molecule has 0 saturated heterocycles. The predicted molar refractivity (Wildman–Crippen MR) is 80.2 cm³/mol. The normalized spacial score (nSPS) is 22.3. The molecule has 1 saturated carbocycles. The summed E-state index contributed by atoms with van der Waals surface area (Å²) in [6.45, 7) is 6.85. The Morgan fingerprint density at radius 1 is 1.26 bits per heavy atom. The highest BCUT2D eigenvalue weighted by Gasteiger charge is 2.24. The van der Waals surface area contributed by atoms with E-state index in [4.69, 9.17) is 5.26 Å². The Kier molecular flexibility index (Phi) is 4.14. The van der Waals surface area contributed by atoms with Crippen molar-refractivity contribution in [2.45, 2.75) is 58.9 Å². The Morgan fingerprint density at radius 3 is 2.79 bits per heavy atom. The molecule has 0 radical (unpaired) electrons. The van der Waals surface area contributed by atoms with Gasteiger partial charge in [-0.25, -0.2) is 0 Å². The minimum Gasteiger partial charge on any atom is -0.382 e. The predicted octanol–water partition coefficient (Wildman–Crippen LogP) is 4.64. The van der Waals surface area contributed by atoms with Crippen LogP contribution in [0.15, 0.2) is 18.2 Å². The molecular weight excluding hydrogens is 232 g/mol. The van der Waals surface area contributed by atoms with Crippen LogP contribution in [0.2, 0.25) is 0 Å². The molecule has 0 aliphatic heterocycles. The van der Waals surface area contributed by atoms with Gasteiger partial charge in [-0.05, 0) is 55.7 Å². The summed E-state index contributed by atoms with van der Waals surface area (Å²) in [5.41, 5.74) is 3.58. The third kappa shape index (κ3) is 3.73. The smallest absolute Gasteiger partial charge is 0.0992 e. The van der Waals surface area contributed by atoms with E-state index < -0.39 is 0 Å². The van der Waals surface area contributed by atoms with Crippen molar-refractivity contribution in [3.8, 4) is 6.07 Å². The fourth-order valence-electron chi connectivity index (χ4n) is 2.87. The molecule has 1 N–H and O–H groups in total. The number of nitriles is 1. The Hall–Kier alpha value is -1.49. The van der Waals surface area contributed by atoms with Gasteiger partial charge in [-0.2, -0.15) is 5.26 Å². The second-order valence-corrected chi connectivity index (χ2v) is 6.58. The van der Waals surface area contributed by atoms with Crippen molar-refractivity contribution in [1.29, 1.82) is 5.26 Å². The Bertz CT molecular complexity index is 483. The number of hydrogen-bond donors (Lipinski definition) is 1. The maximum atomic E-state index is 8.99. The van der Waals surface area contributed by atoms with Crippen molar-refractivity contribution >= 4 is 5.69 Å². The third-order valence-electron chi connectivity index (χ3n) is 4.30. The van der Waals surface area contributed by atoms with Crippen LogP contribution in [-0.2, 0) is 0 Å². The number of nitrogens with zero attached hydrogens (tertiary/aromatic N) is 1. The summed E-state index contributed by atoms with van der Waals surface area (Å²) in [7, 11) is 0. The van der Waals surface area contributed by atoms with Crippen molar-refractivity contribution in [1.82, 2.24) is 0 Å². The van der Waals surface area contributed by atoms with Crippen LogP contribution in [0.5, 0.6) is 0 Å². The second-order valence-electron chi connectivity index (χ2n) is 6.58. The van der Waals surface area contributed by atoms with E-state index in [-0.39, 0.29) is 0 Å². The number of hydrogen-bond acceptors (Lipinski definition) is 2. The Morgan fingerprint density at radius 2 is 2.05 bits per heavy atom. The standard InChI is InChI=1S/C17H24N2/c1-13-6-7-14(12-18)11-16(13)19-15-5-4-9-17(2,3)10-8-15/h6-7,11,15,19H,4-5,8-10H2,1-3H3. The highest BCUT2D eigenvalue weighted by atomic mass is 14.9. The van der Waals surface area contributed by atoms with Crippen LogP contribution in [0.1, 0.15) is 57.1 Å². The Labute approximate surface area is 116 Å². The van der Waals surface area contributed by atoms with Crippen LogP contribution >= 0.6 is 0 Å². The molecule has 0 bridgehead atoms. The van der Waals surface area contributed by atoms with Crippen LogP contribution in [-0.4, -0.2) is 6.04 Å². The second kappa shape index (κ2) is 5.65. The van der Waals surface area contributed by atoms with Gasteiger partial charge in [0.1, 0.15) is 0 Å². The van der Waals surface area contributed by atoms with Gasteiger partial charge in [-0.15, -0.1) is 0 Å². The van der Waals surface area contributed by atoms with Crippen LogP contribution < -0.4 is 5.32 Å². The van der Waals surface area contributed by atoms with Crippen molar-refractivity contribution < 1.29 is 0 Å². The van der Waals surface area contributed by atoms with E-state index in [0.717, 1.165) is 11.3 Å². The van der Waals surface area contributed by atoms with Crippen LogP contribution in [0.25, 0.3) is 0 Å². The molecule has 1 aliphatic rings. The molecule has 0 aromatic heterocycles. The first-order valence-electron chi connectivity index (χ1n) is 7.27. The van der Waals surface area contributed by atoms with Gasteiger partial charge in [-0.3, -0.25) is 0 Å². The van der Waals surface area contributed by atoms with E-state index in [9.17, 15) is 0 Å². The van der Waals surface area contributed by atoms with Crippen molar-refractivity contribution in [2.75, 3.05) is 5.32 Å². The Balaban J connectivity index is 2.07. The molecule has 2 heteroatoms. The van der Waals surface area contributed by atoms with Crippen molar-refractivity contribution in [3.05, 3.63) is 29.3 Å². The van der Waals surface area contributed by atoms with Gasteiger partial charge >= 0.3 is 0 Å². The molecule has 1 fully saturated rings. The van der Waals surface area contributed by atoms with Crippen molar-refractivity contribution in [2.24, 2.45) is 5.41 Å². The van der Waals surface area contributed by atoms with Gasteiger partial charge < -0.3 is 5.32 Å². The first-order valence-corrected chi connectivity index (χ1v) is 7.27. The first kappa shape index (κ1) is 13.9. The number of rotatable bonds is 2. The molecule has 1 unspecified atom stereocenters. The van der Waals surface area contributed by atoms with Crippen LogP contribution in [0.3, 0.4) is 0 Å². The molecule has 2 rings (SSSR count). The van der Waals surface area contributed by atoms with E-state index in [1.54, 1.807) is 0 Å². The lowest BCUT2D eigenvalue weighted by Crippen LogP contribution is -2.19. The molecule has 1 aromatic carbocycles. The molecule has 0 spiro atoms. The number of benzene rings is 1. The van der Waals surface area contributed by atoms with Gasteiger partial charge in [-0.1, -0.05) is 26.3 Å². The quantitative estimate of drug-likeness (QED) is 0.783. The summed E-state index contributed by atoms with van der Waals surface area (Å²) in [6.07, 6.45) is 6.36.